The third kappa shape index (κ3) is 4.23. The fourth-order valence-electron chi connectivity index (χ4n) is 6.35. The van der Waals surface area contributed by atoms with Crippen molar-refractivity contribution < 1.29 is 29.0 Å². The number of aliphatic hydroxyl groups is 1. The molecule has 1 spiro atoms. The minimum Gasteiger partial charge on any atom is -0.494 e. The first-order valence-electron chi connectivity index (χ1n) is 13.2. The van der Waals surface area contributed by atoms with Crippen LogP contribution in [-0.2, 0) is 19.1 Å². The third-order valence-corrected chi connectivity index (χ3v) is 8.11. The number of aryl methyl sites for hydroxylation is 2. The molecule has 6 atom stereocenters. The van der Waals surface area contributed by atoms with Crippen LogP contribution in [0.5, 0.6) is 5.75 Å². The number of hydrogen-bond acceptors (Lipinski definition) is 6. The molecule has 0 aromatic heterocycles. The van der Waals surface area contributed by atoms with Crippen molar-refractivity contribution in [2.24, 2.45) is 11.8 Å². The molecule has 9 nitrogen and oxygen atoms in total. The predicted octanol–water partition coefficient (Wildman–Crippen LogP) is 3.03. The number of fused-ring (bicyclic) bond motifs is 1. The summed E-state index contributed by atoms with van der Waals surface area (Å²) in [7, 11) is 0. The molecule has 3 aliphatic heterocycles. The highest BCUT2D eigenvalue weighted by molar-refractivity contribution is 6.05. The molecule has 5 rings (SSSR count). The van der Waals surface area contributed by atoms with Crippen molar-refractivity contribution in [2.75, 3.05) is 23.8 Å². The second kappa shape index (κ2) is 10.0. The number of aliphatic hydroxyl groups excluding tert-OH is 1. The normalized spacial score (nSPS) is 28.2. The van der Waals surface area contributed by atoms with Crippen molar-refractivity contribution >= 4 is 29.1 Å². The summed E-state index contributed by atoms with van der Waals surface area (Å²) in [5.41, 5.74) is 2.01. The maximum Gasteiger partial charge on any atom is 0.250 e. The van der Waals surface area contributed by atoms with Gasteiger partial charge in [-0.1, -0.05) is 12.1 Å². The van der Waals surface area contributed by atoms with Gasteiger partial charge in [-0.05, 0) is 82.0 Å². The Morgan fingerprint density at radius 3 is 2.58 bits per heavy atom. The molecule has 3 aliphatic rings. The summed E-state index contributed by atoms with van der Waals surface area (Å²) in [6.45, 7) is 7.68. The molecule has 0 radical (unpaired) electrons. The Morgan fingerprint density at radius 1 is 1.16 bits per heavy atom. The number of likely N-dealkylation sites (tertiary alicyclic amines) is 1. The van der Waals surface area contributed by atoms with Gasteiger partial charge in [0.15, 0.2) is 0 Å². The SMILES string of the molecule is CCOc1ccc(NC(=O)[C@@H]2[C@H]3C(=O)N([C@H](C)CO)C(C(=O)Nc4cc(C)ccc4C)C34CC[C@H]2O4)cc1. The Labute approximate surface area is 222 Å². The van der Waals surface area contributed by atoms with Crippen LogP contribution in [0, 0.1) is 25.7 Å². The fourth-order valence-corrected chi connectivity index (χ4v) is 6.35. The van der Waals surface area contributed by atoms with E-state index in [0.29, 0.717) is 36.6 Å². The molecular formula is C29H35N3O6. The summed E-state index contributed by atoms with van der Waals surface area (Å²) in [4.78, 5) is 42.7. The number of carbonyl (C=O) groups excluding carboxylic acids is 3. The lowest BCUT2D eigenvalue weighted by molar-refractivity contribution is -0.142. The zero-order chi connectivity index (χ0) is 27.2. The number of rotatable bonds is 8. The van der Waals surface area contributed by atoms with Gasteiger partial charge in [0.05, 0.1) is 37.2 Å². The van der Waals surface area contributed by atoms with E-state index in [1.165, 1.54) is 4.90 Å². The zero-order valence-electron chi connectivity index (χ0n) is 22.2. The third-order valence-electron chi connectivity index (χ3n) is 8.11. The smallest absolute Gasteiger partial charge is 0.250 e. The van der Waals surface area contributed by atoms with Gasteiger partial charge in [-0.15, -0.1) is 0 Å². The lowest BCUT2D eigenvalue weighted by atomic mass is 9.70. The summed E-state index contributed by atoms with van der Waals surface area (Å²) in [6.07, 6.45) is 0.592. The second-order valence-electron chi connectivity index (χ2n) is 10.6. The summed E-state index contributed by atoms with van der Waals surface area (Å²) in [5, 5.41) is 15.9. The van der Waals surface area contributed by atoms with E-state index in [0.717, 1.165) is 11.1 Å². The first-order valence-corrected chi connectivity index (χ1v) is 13.2. The van der Waals surface area contributed by atoms with Crippen molar-refractivity contribution in [1.82, 2.24) is 4.90 Å². The summed E-state index contributed by atoms with van der Waals surface area (Å²) in [5.74, 6) is -1.87. The van der Waals surface area contributed by atoms with Gasteiger partial charge in [-0.25, -0.2) is 0 Å². The molecule has 3 saturated heterocycles. The number of amides is 3. The Balaban J connectivity index is 1.44. The van der Waals surface area contributed by atoms with E-state index in [1.54, 1.807) is 31.2 Å². The van der Waals surface area contributed by atoms with Crippen molar-refractivity contribution in [3.05, 3.63) is 53.6 Å². The van der Waals surface area contributed by atoms with Crippen LogP contribution in [-0.4, -0.2) is 64.7 Å². The molecule has 3 amide bonds. The Morgan fingerprint density at radius 2 is 1.89 bits per heavy atom. The molecule has 0 saturated carbocycles. The van der Waals surface area contributed by atoms with Crippen LogP contribution in [0.2, 0.25) is 0 Å². The standard InChI is InChI=1S/C29H35N3O6/c1-5-37-20-10-8-19(9-11-20)30-26(34)23-22-12-13-29(38-22)24(23)28(36)32(18(4)15-33)25(29)27(35)31-21-14-16(2)6-7-17(21)3/h6-11,14,18,22-25,33H,5,12-13,15H2,1-4H3,(H,30,34)(H,31,35)/t18-,22-,23+,24+,25?,29?/m1/s1. The molecular weight excluding hydrogens is 486 g/mol. The summed E-state index contributed by atoms with van der Waals surface area (Å²) >= 11 is 0. The number of ether oxygens (including phenoxy) is 2. The Hall–Kier alpha value is -3.43. The van der Waals surface area contributed by atoms with Crippen molar-refractivity contribution in [2.45, 2.75) is 64.3 Å². The molecule has 3 fully saturated rings. The van der Waals surface area contributed by atoms with Crippen LogP contribution in [0.25, 0.3) is 0 Å². The maximum absolute atomic E-state index is 13.9. The zero-order valence-corrected chi connectivity index (χ0v) is 22.2. The molecule has 3 N–H and O–H groups in total. The number of carbonyl (C=O) groups is 3. The van der Waals surface area contributed by atoms with E-state index in [2.05, 4.69) is 10.6 Å². The van der Waals surface area contributed by atoms with Gasteiger partial charge in [-0.2, -0.15) is 0 Å². The molecule has 2 aromatic carbocycles. The number of nitrogens with one attached hydrogen (secondary N) is 2. The van der Waals surface area contributed by atoms with E-state index in [4.69, 9.17) is 9.47 Å². The van der Waals surface area contributed by atoms with Crippen LogP contribution in [0.4, 0.5) is 11.4 Å². The predicted molar refractivity (Wildman–Crippen MR) is 142 cm³/mol. The maximum atomic E-state index is 13.9. The minimum atomic E-state index is -1.13. The van der Waals surface area contributed by atoms with Gasteiger partial charge < -0.3 is 30.1 Å². The minimum absolute atomic E-state index is 0.311. The molecule has 2 aromatic rings. The van der Waals surface area contributed by atoms with E-state index in [1.807, 2.05) is 39.0 Å². The quantitative estimate of drug-likeness (QED) is 0.492. The molecule has 9 heteroatoms. The summed E-state index contributed by atoms with van der Waals surface area (Å²) in [6, 6.07) is 11.3. The highest BCUT2D eigenvalue weighted by atomic mass is 16.5. The number of hydrogen-bond donors (Lipinski definition) is 3. The molecule has 2 unspecified atom stereocenters. The van der Waals surface area contributed by atoms with Crippen molar-refractivity contribution in [3.63, 3.8) is 0 Å². The Bertz CT molecular complexity index is 1250. The van der Waals surface area contributed by atoms with Gasteiger partial charge in [0, 0.05) is 11.4 Å². The van der Waals surface area contributed by atoms with Crippen LogP contribution in [0.1, 0.15) is 37.8 Å². The van der Waals surface area contributed by atoms with E-state index in [-0.39, 0.29) is 24.3 Å². The lowest BCUT2D eigenvalue weighted by Crippen LogP contribution is -2.55. The van der Waals surface area contributed by atoms with Gasteiger partial charge >= 0.3 is 0 Å². The molecule has 38 heavy (non-hydrogen) atoms. The van der Waals surface area contributed by atoms with Crippen molar-refractivity contribution in [3.8, 4) is 5.75 Å². The van der Waals surface area contributed by atoms with E-state index < -0.39 is 35.6 Å². The lowest BCUT2D eigenvalue weighted by Gasteiger charge is -2.35. The fraction of sp³-hybridized carbons (Fsp3) is 0.483. The van der Waals surface area contributed by atoms with Gasteiger partial charge in [0.2, 0.25) is 17.7 Å². The molecule has 2 bridgehead atoms. The average molecular weight is 522 g/mol. The topological polar surface area (TPSA) is 117 Å². The average Bonchev–Trinajstić information content (AvgIpc) is 3.54. The molecule has 0 aliphatic carbocycles. The van der Waals surface area contributed by atoms with Crippen LogP contribution in [0.3, 0.4) is 0 Å². The second-order valence-corrected chi connectivity index (χ2v) is 10.6. The first kappa shape index (κ1) is 26.2. The monoisotopic (exact) mass is 521 g/mol. The van der Waals surface area contributed by atoms with E-state index in [9.17, 15) is 19.5 Å². The van der Waals surface area contributed by atoms with Gasteiger partial charge in [-0.3, -0.25) is 14.4 Å². The highest BCUT2D eigenvalue weighted by Gasteiger charge is 2.74. The Kier molecular flexibility index (Phi) is 6.92. The summed E-state index contributed by atoms with van der Waals surface area (Å²) < 4.78 is 11.9. The molecule has 3 heterocycles. The first-order chi connectivity index (χ1) is 18.2. The van der Waals surface area contributed by atoms with Gasteiger partial charge in [0.1, 0.15) is 17.4 Å². The van der Waals surface area contributed by atoms with Crippen LogP contribution in [0.15, 0.2) is 42.5 Å². The number of nitrogens with zero attached hydrogens (tertiary/aromatic N) is 1. The highest BCUT2D eigenvalue weighted by Crippen LogP contribution is 2.59. The van der Waals surface area contributed by atoms with E-state index >= 15 is 0 Å². The van der Waals surface area contributed by atoms with Crippen LogP contribution >= 0.6 is 0 Å². The van der Waals surface area contributed by atoms with Crippen molar-refractivity contribution in [1.29, 1.82) is 0 Å². The molecule has 202 valence electrons. The number of anilines is 2. The number of benzene rings is 2. The largest absolute Gasteiger partial charge is 0.494 e. The van der Waals surface area contributed by atoms with Gasteiger partial charge in [0.25, 0.3) is 0 Å². The van der Waals surface area contributed by atoms with Crippen LogP contribution < -0.4 is 15.4 Å².